The summed E-state index contributed by atoms with van der Waals surface area (Å²) in [7, 11) is 1.50. The van der Waals surface area contributed by atoms with Gasteiger partial charge in [-0.15, -0.1) is 0 Å². The molecule has 0 saturated carbocycles. The van der Waals surface area contributed by atoms with Crippen molar-refractivity contribution < 1.29 is 9.90 Å². The van der Waals surface area contributed by atoms with E-state index in [0.29, 0.717) is 0 Å². The number of H-pyrrole nitrogens is 1. The Morgan fingerprint density at radius 1 is 1.06 bits per heavy atom. The molecule has 2 heterocycles. The first-order valence-electron chi connectivity index (χ1n) is 9.71. The highest BCUT2D eigenvalue weighted by molar-refractivity contribution is 5.79. The van der Waals surface area contributed by atoms with Gasteiger partial charge in [-0.05, 0) is 11.1 Å². The maximum Gasteiger partial charge on any atom is 0.329 e. The average Bonchev–Trinajstić information content (AvgIpc) is 3.11. The number of aryl methyl sites for hydroxylation is 1. The van der Waals surface area contributed by atoms with Crippen LogP contribution >= 0.6 is 0 Å². The molecule has 0 bridgehead atoms. The van der Waals surface area contributed by atoms with Gasteiger partial charge in [0.25, 0.3) is 5.56 Å². The summed E-state index contributed by atoms with van der Waals surface area (Å²) in [4.78, 5) is 43.3. The summed E-state index contributed by atoms with van der Waals surface area (Å²) in [5.41, 5.74) is 0.941. The SMILES string of the molecule is Cn1c(=O)[nH]c(=O)c2c1nc(N[C@H](Cc1ccccc1)C(=O)O)n2Cc1ccccc1. The molecule has 2 aromatic carbocycles. The van der Waals surface area contributed by atoms with E-state index in [1.807, 2.05) is 60.7 Å². The molecule has 9 heteroatoms. The summed E-state index contributed by atoms with van der Waals surface area (Å²) in [6, 6.07) is 17.7. The zero-order chi connectivity index (χ0) is 22.0. The molecular formula is C22H21N5O4. The molecule has 3 N–H and O–H groups in total. The number of nitrogens with one attached hydrogen (secondary N) is 2. The Hall–Kier alpha value is -4.14. The van der Waals surface area contributed by atoms with E-state index in [0.717, 1.165) is 11.1 Å². The summed E-state index contributed by atoms with van der Waals surface area (Å²) in [6.45, 7) is 0.276. The van der Waals surface area contributed by atoms with Gasteiger partial charge < -0.3 is 10.4 Å². The number of hydrogen-bond donors (Lipinski definition) is 3. The monoisotopic (exact) mass is 419 g/mol. The van der Waals surface area contributed by atoms with E-state index >= 15 is 0 Å². The second-order valence-electron chi connectivity index (χ2n) is 7.22. The van der Waals surface area contributed by atoms with E-state index in [9.17, 15) is 19.5 Å². The van der Waals surface area contributed by atoms with Crippen molar-refractivity contribution in [2.24, 2.45) is 7.05 Å². The predicted molar refractivity (Wildman–Crippen MR) is 116 cm³/mol. The Kier molecular flexibility index (Phi) is 5.40. The van der Waals surface area contributed by atoms with Crippen molar-refractivity contribution in [1.29, 1.82) is 0 Å². The van der Waals surface area contributed by atoms with Crippen LogP contribution in [0, 0.1) is 0 Å². The first kappa shape index (κ1) is 20.1. The van der Waals surface area contributed by atoms with Crippen LogP contribution in [-0.4, -0.2) is 36.2 Å². The fourth-order valence-electron chi connectivity index (χ4n) is 3.47. The largest absolute Gasteiger partial charge is 0.480 e. The molecule has 4 rings (SSSR count). The molecule has 31 heavy (non-hydrogen) atoms. The number of aliphatic carboxylic acids is 1. The van der Waals surface area contributed by atoms with Crippen LogP contribution in [0.25, 0.3) is 11.2 Å². The molecule has 0 aliphatic heterocycles. The molecule has 0 radical (unpaired) electrons. The van der Waals surface area contributed by atoms with Gasteiger partial charge in [0, 0.05) is 13.5 Å². The molecule has 0 amide bonds. The van der Waals surface area contributed by atoms with Crippen LogP contribution in [0.15, 0.2) is 70.3 Å². The van der Waals surface area contributed by atoms with Gasteiger partial charge in [0.15, 0.2) is 11.2 Å². The Bertz CT molecular complexity index is 1340. The number of imidazole rings is 1. The summed E-state index contributed by atoms with van der Waals surface area (Å²) in [5.74, 6) is -0.848. The van der Waals surface area contributed by atoms with Gasteiger partial charge in [0.05, 0.1) is 6.54 Å². The Labute approximate surface area is 176 Å². The maximum absolute atomic E-state index is 12.6. The third-order valence-electron chi connectivity index (χ3n) is 5.07. The highest BCUT2D eigenvalue weighted by Crippen LogP contribution is 2.19. The molecule has 1 atom stereocenters. The van der Waals surface area contributed by atoms with Gasteiger partial charge in [0.1, 0.15) is 6.04 Å². The lowest BCUT2D eigenvalue weighted by Gasteiger charge is -2.17. The van der Waals surface area contributed by atoms with Gasteiger partial charge >= 0.3 is 11.7 Å². The predicted octanol–water partition coefficient (Wildman–Crippen LogP) is 1.58. The number of aromatic amines is 1. The van der Waals surface area contributed by atoms with Gasteiger partial charge in [-0.3, -0.25) is 18.9 Å². The molecule has 0 saturated heterocycles. The Morgan fingerprint density at radius 3 is 2.29 bits per heavy atom. The topological polar surface area (TPSA) is 122 Å². The van der Waals surface area contributed by atoms with Gasteiger partial charge in [-0.2, -0.15) is 4.98 Å². The number of anilines is 1. The van der Waals surface area contributed by atoms with Crippen LogP contribution < -0.4 is 16.6 Å². The molecule has 0 fully saturated rings. The zero-order valence-corrected chi connectivity index (χ0v) is 16.8. The average molecular weight is 419 g/mol. The fraction of sp³-hybridized carbons (Fsp3) is 0.182. The molecule has 0 spiro atoms. The highest BCUT2D eigenvalue weighted by Gasteiger charge is 2.23. The third-order valence-corrected chi connectivity index (χ3v) is 5.07. The molecule has 2 aromatic heterocycles. The van der Waals surface area contributed by atoms with Gasteiger partial charge in [-0.25, -0.2) is 9.59 Å². The number of hydrogen-bond acceptors (Lipinski definition) is 5. The minimum absolute atomic E-state index is 0.177. The van der Waals surface area contributed by atoms with Crippen LogP contribution in [0.5, 0.6) is 0 Å². The number of carboxylic acid groups (broad SMARTS) is 1. The van der Waals surface area contributed by atoms with Crippen molar-refractivity contribution >= 4 is 23.1 Å². The van der Waals surface area contributed by atoms with Crippen LogP contribution in [0.3, 0.4) is 0 Å². The van der Waals surface area contributed by atoms with E-state index < -0.39 is 23.3 Å². The lowest BCUT2D eigenvalue weighted by Crippen LogP contribution is -2.33. The Morgan fingerprint density at radius 2 is 1.68 bits per heavy atom. The molecule has 9 nitrogen and oxygen atoms in total. The van der Waals surface area contributed by atoms with Crippen LogP contribution in [0.4, 0.5) is 5.95 Å². The minimum Gasteiger partial charge on any atom is -0.480 e. The Balaban J connectivity index is 1.81. The first-order chi connectivity index (χ1) is 14.9. The number of rotatable bonds is 7. The summed E-state index contributed by atoms with van der Waals surface area (Å²) in [6.07, 6.45) is 0.222. The quantitative estimate of drug-likeness (QED) is 0.418. The van der Waals surface area contributed by atoms with Crippen molar-refractivity contribution in [3.05, 3.63) is 92.6 Å². The number of carbonyl (C=O) groups is 1. The van der Waals surface area contributed by atoms with Crippen molar-refractivity contribution in [1.82, 2.24) is 19.1 Å². The normalized spacial score (nSPS) is 12.0. The van der Waals surface area contributed by atoms with E-state index in [1.165, 1.54) is 11.6 Å². The number of fused-ring (bicyclic) bond motifs is 1. The number of aromatic nitrogens is 4. The minimum atomic E-state index is -1.05. The van der Waals surface area contributed by atoms with Crippen molar-refractivity contribution in [3.8, 4) is 0 Å². The molecule has 0 aliphatic carbocycles. The number of carboxylic acids is 1. The highest BCUT2D eigenvalue weighted by atomic mass is 16.4. The summed E-state index contributed by atoms with van der Waals surface area (Å²) < 4.78 is 2.83. The molecular weight excluding hydrogens is 398 g/mol. The summed E-state index contributed by atoms with van der Waals surface area (Å²) >= 11 is 0. The van der Waals surface area contributed by atoms with Crippen LogP contribution in [-0.2, 0) is 24.8 Å². The smallest absolute Gasteiger partial charge is 0.329 e. The van der Waals surface area contributed by atoms with Crippen LogP contribution in [0.2, 0.25) is 0 Å². The van der Waals surface area contributed by atoms with Crippen molar-refractivity contribution in [2.45, 2.75) is 19.0 Å². The summed E-state index contributed by atoms with van der Waals surface area (Å²) in [5, 5.41) is 12.7. The van der Waals surface area contributed by atoms with Gasteiger partial charge in [0.2, 0.25) is 5.95 Å². The number of benzene rings is 2. The lowest BCUT2D eigenvalue weighted by atomic mass is 10.1. The second kappa shape index (κ2) is 8.31. The van der Waals surface area contributed by atoms with Crippen molar-refractivity contribution in [3.63, 3.8) is 0 Å². The van der Waals surface area contributed by atoms with Crippen molar-refractivity contribution in [2.75, 3.05) is 5.32 Å². The van der Waals surface area contributed by atoms with E-state index in [1.54, 1.807) is 4.57 Å². The molecule has 4 aromatic rings. The molecule has 158 valence electrons. The maximum atomic E-state index is 12.6. The van der Waals surface area contributed by atoms with E-state index in [-0.39, 0.29) is 30.1 Å². The molecule has 0 aliphatic rings. The second-order valence-corrected chi connectivity index (χ2v) is 7.22. The fourth-order valence-corrected chi connectivity index (χ4v) is 3.47. The zero-order valence-electron chi connectivity index (χ0n) is 16.8. The van der Waals surface area contributed by atoms with Crippen LogP contribution in [0.1, 0.15) is 11.1 Å². The van der Waals surface area contributed by atoms with Gasteiger partial charge in [-0.1, -0.05) is 60.7 Å². The van der Waals surface area contributed by atoms with E-state index in [2.05, 4.69) is 15.3 Å². The first-order valence-corrected chi connectivity index (χ1v) is 9.71. The number of nitrogens with zero attached hydrogens (tertiary/aromatic N) is 3. The third kappa shape index (κ3) is 4.11. The standard InChI is InChI=1S/C22H21N5O4/c1-26-18-17(19(28)25-22(26)31)27(13-15-10-6-3-7-11-15)21(24-18)23-16(20(29)30)12-14-8-4-2-5-9-14/h2-11,16H,12-13H2,1H3,(H,23,24)(H,29,30)(H,25,28,31)/t16-/m1/s1. The lowest BCUT2D eigenvalue weighted by molar-refractivity contribution is -0.137. The molecule has 0 unspecified atom stereocenters. The van der Waals surface area contributed by atoms with E-state index in [4.69, 9.17) is 0 Å².